The second kappa shape index (κ2) is 8.25. The summed E-state index contributed by atoms with van der Waals surface area (Å²) in [5.74, 6) is 0.731. The highest BCUT2D eigenvalue weighted by Crippen LogP contribution is 2.04. The highest BCUT2D eigenvalue weighted by atomic mass is 35.5. The van der Waals surface area contributed by atoms with Gasteiger partial charge in [0.25, 0.3) is 0 Å². The molecule has 0 fully saturated rings. The SMILES string of the molecule is CCCCC(C)CN.Cl. The summed E-state index contributed by atoms with van der Waals surface area (Å²) in [5, 5.41) is 0. The zero-order chi connectivity index (χ0) is 6.41. The van der Waals surface area contributed by atoms with Gasteiger partial charge in [-0.3, -0.25) is 0 Å². The van der Waals surface area contributed by atoms with Gasteiger partial charge in [-0.1, -0.05) is 26.7 Å². The summed E-state index contributed by atoms with van der Waals surface area (Å²) >= 11 is 0. The minimum Gasteiger partial charge on any atom is -0.330 e. The molecule has 2 heteroatoms. The lowest BCUT2D eigenvalue weighted by atomic mass is 10.1. The first-order valence-electron chi connectivity index (χ1n) is 3.51. The molecule has 0 heterocycles. The van der Waals surface area contributed by atoms with E-state index in [9.17, 15) is 0 Å². The Kier molecular flexibility index (Phi) is 11.0. The Balaban J connectivity index is 0. The molecule has 0 spiro atoms. The molecular formula is C7H18ClN. The van der Waals surface area contributed by atoms with E-state index in [2.05, 4.69) is 13.8 Å². The number of nitrogens with two attached hydrogens (primary N) is 1. The van der Waals surface area contributed by atoms with Crippen molar-refractivity contribution in [2.24, 2.45) is 11.7 Å². The van der Waals surface area contributed by atoms with Crippen LogP contribution in [0.2, 0.25) is 0 Å². The Morgan fingerprint density at radius 3 is 2.33 bits per heavy atom. The van der Waals surface area contributed by atoms with Crippen molar-refractivity contribution in [2.75, 3.05) is 6.54 Å². The molecule has 0 bridgehead atoms. The highest BCUT2D eigenvalue weighted by Gasteiger charge is 1.94. The third-order valence-electron chi connectivity index (χ3n) is 1.45. The lowest BCUT2D eigenvalue weighted by Crippen LogP contribution is -2.09. The first-order chi connectivity index (χ1) is 3.81. The van der Waals surface area contributed by atoms with Gasteiger partial charge in [0.2, 0.25) is 0 Å². The zero-order valence-electron chi connectivity index (χ0n) is 6.39. The Morgan fingerprint density at radius 1 is 1.44 bits per heavy atom. The summed E-state index contributed by atoms with van der Waals surface area (Å²) in [6.07, 6.45) is 3.93. The summed E-state index contributed by atoms with van der Waals surface area (Å²) in [5.41, 5.74) is 5.41. The molecule has 0 aromatic heterocycles. The standard InChI is InChI=1S/C7H17N.ClH/c1-3-4-5-7(2)6-8;/h7H,3-6,8H2,1-2H3;1H. The molecule has 0 saturated carbocycles. The number of halogens is 1. The molecule has 1 atom stereocenters. The Morgan fingerprint density at radius 2 is 2.00 bits per heavy atom. The van der Waals surface area contributed by atoms with Gasteiger partial charge in [0.15, 0.2) is 0 Å². The normalized spacial score (nSPS) is 12.3. The molecule has 1 unspecified atom stereocenters. The van der Waals surface area contributed by atoms with Crippen LogP contribution in [0.15, 0.2) is 0 Å². The third kappa shape index (κ3) is 8.25. The first kappa shape index (κ1) is 12.0. The van der Waals surface area contributed by atoms with Crippen molar-refractivity contribution in [1.29, 1.82) is 0 Å². The molecule has 1 nitrogen and oxygen atoms in total. The molecule has 58 valence electrons. The second-order valence-corrected chi connectivity index (χ2v) is 2.48. The van der Waals surface area contributed by atoms with Crippen molar-refractivity contribution in [2.45, 2.75) is 33.1 Å². The number of rotatable bonds is 4. The van der Waals surface area contributed by atoms with Crippen molar-refractivity contribution in [3.8, 4) is 0 Å². The Bertz CT molecular complexity index is 48.2. The maximum atomic E-state index is 5.41. The van der Waals surface area contributed by atoms with E-state index in [4.69, 9.17) is 5.73 Å². The van der Waals surface area contributed by atoms with E-state index in [1.165, 1.54) is 19.3 Å². The molecule has 0 saturated heterocycles. The molecule has 2 N–H and O–H groups in total. The zero-order valence-corrected chi connectivity index (χ0v) is 7.21. The van der Waals surface area contributed by atoms with Crippen molar-refractivity contribution >= 4 is 12.4 Å². The molecule has 0 amide bonds. The number of unbranched alkanes of at least 4 members (excludes halogenated alkanes) is 1. The predicted octanol–water partition coefficient (Wildman–Crippen LogP) is 2.19. The number of hydrogen-bond donors (Lipinski definition) is 1. The van der Waals surface area contributed by atoms with Gasteiger partial charge in [-0.05, 0) is 18.9 Å². The predicted molar refractivity (Wildman–Crippen MR) is 45.0 cm³/mol. The third-order valence-corrected chi connectivity index (χ3v) is 1.45. The summed E-state index contributed by atoms with van der Waals surface area (Å²) in [6.45, 7) is 5.26. The quantitative estimate of drug-likeness (QED) is 0.655. The molecule has 9 heavy (non-hydrogen) atoms. The summed E-state index contributed by atoms with van der Waals surface area (Å²) in [6, 6.07) is 0. The van der Waals surface area contributed by atoms with Gasteiger partial charge in [0, 0.05) is 0 Å². The van der Waals surface area contributed by atoms with Crippen LogP contribution < -0.4 is 5.73 Å². The Hall–Kier alpha value is 0.250. The van der Waals surface area contributed by atoms with Gasteiger partial charge in [0.05, 0.1) is 0 Å². The lowest BCUT2D eigenvalue weighted by Gasteiger charge is -2.04. The second-order valence-electron chi connectivity index (χ2n) is 2.48. The van der Waals surface area contributed by atoms with Crippen LogP contribution in [0.1, 0.15) is 33.1 Å². The monoisotopic (exact) mass is 151 g/mol. The summed E-state index contributed by atoms with van der Waals surface area (Å²) < 4.78 is 0. The van der Waals surface area contributed by atoms with Crippen molar-refractivity contribution in [3.63, 3.8) is 0 Å². The molecule has 0 aliphatic rings. The molecule has 0 aromatic carbocycles. The average molecular weight is 152 g/mol. The molecule has 0 aromatic rings. The van der Waals surface area contributed by atoms with Crippen LogP contribution in [0, 0.1) is 5.92 Å². The largest absolute Gasteiger partial charge is 0.330 e. The minimum absolute atomic E-state index is 0. The lowest BCUT2D eigenvalue weighted by molar-refractivity contribution is 0.516. The maximum absolute atomic E-state index is 5.41. The Labute approximate surface area is 64.4 Å². The van der Waals surface area contributed by atoms with Crippen LogP contribution in [0.4, 0.5) is 0 Å². The summed E-state index contributed by atoms with van der Waals surface area (Å²) in [4.78, 5) is 0. The molecule has 0 radical (unpaired) electrons. The smallest absolute Gasteiger partial charge is 0.00515 e. The van der Waals surface area contributed by atoms with Crippen molar-refractivity contribution in [3.05, 3.63) is 0 Å². The summed E-state index contributed by atoms with van der Waals surface area (Å²) in [7, 11) is 0. The average Bonchev–Trinajstić information content (AvgIpc) is 1.83. The fourth-order valence-electron chi connectivity index (χ4n) is 0.670. The number of hydrogen-bond acceptors (Lipinski definition) is 1. The minimum atomic E-state index is 0. The van der Waals surface area contributed by atoms with E-state index in [1.807, 2.05) is 0 Å². The van der Waals surface area contributed by atoms with Crippen LogP contribution in [0.3, 0.4) is 0 Å². The van der Waals surface area contributed by atoms with Gasteiger partial charge in [-0.2, -0.15) is 0 Å². The van der Waals surface area contributed by atoms with Crippen molar-refractivity contribution in [1.82, 2.24) is 0 Å². The fourth-order valence-corrected chi connectivity index (χ4v) is 0.670. The van der Waals surface area contributed by atoms with Crippen LogP contribution in [0.5, 0.6) is 0 Å². The van der Waals surface area contributed by atoms with E-state index >= 15 is 0 Å². The molecule has 0 aliphatic heterocycles. The fraction of sp³-hybridized carbons (Fsp3) is 1.00. The highest BCUT2D eigenvalue weighted by molar-refractivity contribution is 5.85. The molecule has 0 rings (SSSR count). The van der Waals surface area contributed by atoms with E-state index in [-0.39, 0.29) is 12.4 Å². The van der Waals surface area contributed by atoms with Gasteiger partial charge in [-0.15, -0.1) is 12.4 Å². The van der Waals surface area contributed by atoms with Crippen LogP contribution in [-0.4, -0.2) is 6.54 Å². The van der Waals surface area contributed by atoms with Crippen LogP contribution >= 0.6 is 12.4 Å². The van der Waals surface area contributed by atoms with Gasteiger partial charge in [-0.25, -0.2) is 0 Å². The van der Waals surface area contributed by atoms with Crippen LogP contribution in [0.25, 0.3) is 0 Å². The topological polar surface area (TPSA) is 26.0 Å². The van der Waals surface area contributed by atoms with Crippen molar-refractivity contribution < 1.29 is 0 Å². The van der Waals surface area contributed by atoms with Gasteiger partial charge >= 0.3 is 0 Å². The first-order valence-corrected chi connectivity index (χ1v) is 3.51. The molecule has 0 aliphatic carbocycles. The van der Waals surface area contributed by atoms with E-state index in [0.29, 0.717) is 0 Å². The van der Waals surface area contributed by atoms with E-state index < -0.39 is 0 Å². The van der Waals surface area contributed by atoms with Crippen LogP contribution in [-0.2, 0) is 0 Å². The van der Waals surface area contributed by atoms with Gasteiger partial charge in [0.1, 0.15) is 0 Å². The maximum Gasteiger partial charge on any atom is -0.00515 e. The molecular weight excluding hydrogens is 134 g/mol. The van der Waals surface area contributed by atoms with E-state index in [1.54, 1.807) is 0 Å². The van der Waals surface area contributed by atoms with E-state index in [0.717, 1.165) is 12.5 Å². The van der Waals surface area contributed by atoms with Gasteiger partial charge < -0.3 is 5.73 Å².